The molecule has 11 rings (SSSR count). The molecule has 0 saturated carbocycles. The summed E-state index contributed by atoms with van der Waals surface area (Å²) in [5, 5.41) is 10.5. The maximum atomic E-state index is 6.46. The first-order valence-electron chi connectivity index (χ1n) is 17.0. The average molecular weight is 674 g/mol. The molecule has 0 fully saturated rings. The van der Waals surface area contributed by atoms with Crippen LogP contribution in [0.5, 0.6) is 0 Å². The summed E-state index contributed by atoms with van der Waals surface area (Å²) in [5.41, 5.74) is 8.61. The second-order valence-corrected chi connectivity index (χ2v) is 14.0. The van der Waals surface area contributed by atoms with Gasteiger partial charge >= 0.3 is 0 Å². The van der Waals surface area contributed by atoms with Crippen molar-refractivity contribution in [2.45, 2.75) is 6.17 Å². The molecule has 51 heavy (non-hydrogen) atoms. The van der Waals surface area contributed by atoms with E-state index in [0.29, 0.717) is 5.84 Å². The predicted octanol–water partition coefficient (Wildman–Crippen LogP) is 12.0. The first-order chi connectivity index (χ1) is 25.2. The molecule has 4 heterocycles. The lowest BCUT2D eigenvalue weighted by molar-refractivity contribution is 0.668. The Morgan fingerprint density at radius 1 is 0.510 bits per heavy atom. The summed E-state index contributed by atoms with van der Waals surface area (Å²) in [4.78, 5) is 10.6. The lowest BCUT2D eigenvalue weighted by Gasteiger charge is -2.24. The maximum absolute atomic E-state index is 6.46. The summed E-state index contributed by atoms with van der Waals surface area (Å²) >= 11 is 1.81. The van der Waals surface area contributed by atoms with Gasteiger partial charge in [-0.1, -0.05) is 109 Å². The molecule has 3 aromatic heterocycles. The molecule has 1 N–H and O–H groups in total. The number of hydrogen-bond donors (Lipinski definition) is 1. The van der Waals surface area contributed by atoms with Crippen molar-refractivity contribution >= 4 is 87.1 Å². The second-order valence-electron chi connectivity index (χ2n) is 12.9. The number of para-hydroxylation sites is 1. The number of benzene rings is 7. The molecule has 5 nitrogen and oxygen atoms in total. The Balaban J connectivity index is 1.10. The van der Waals surface area contributed by atoms with E-state index in [0.717, 1.165) is 77.5 Å². The minimum atomic E-state index is -0.344. The molecule has 6 heteroatoms. The fourth-order valence-electron chi connectivity index (χ4n) is 7.55. The van der Waals surface area contributed by atoms with Crippen LogP contribution < -0.4 is 5.32 Å². The van der Waals surface area contributed by atoms with Gasteiger partial charge in [-0.05, 0) is 53.6 Å². The third-order valence-electron chi connectivity index (χ3n) is 9.97. The van der Waals surface area contributed by atoms with Gasteiger partial charge in [0.15, 0.2) is 5.84 Å². The highest BCUT2D eigenvalue weighted by Gasteiger charge is 2.25. The van der Waals surface area contributed by atoms with Gasteiger partial charge in [0.2, 0.25) is 0 Å². The summed E-state index contributed by atoms with van der Waals surface area (Å²) < 4.78 is 15.2. The summed E-state index contributed by atoms with van der Waals surface area (Å²) in [6, 6.07) is 52.6. The molecule has 0 amide bonds. The van der Waals surface area contributed by atoms with Gasteiger partial charge in [0.1, 0.15) is 34.3 Å². The van der Waals surface area contributed by atoms with E-state index in [-0.39, 0.29) is 6.17 Å². The van der Waals surface area contributed by atoms with Crippen LogP contribution >= 0.6 is 11.3 Å². The van der Waals surface area contributed by atoms with E-state index in [2.05, 4.69) is 108 Å². The van der Waals surface area contributed by atoms with Crippen molar-refractivity contribution in [1.29, 1.82) is 0 Å². The van der Waals surface area contributed by atoms with Gasteiger partial charge in [-0.15, -0.1) is 11.3 Å². The van der Waals surface area contributed by atoms with Crippen LogP contribution in [0.1, 0.15) is 22.9 Å². The van der Waals surface area contributed by atoms with Crippen molar-refractivity contribution in [2.24, 2.45) is 9.98 Å². The van der Waals surface area contributed by atoms with Crippen molar-refractivity contribution in [2.75, 3.05) is 0 Å². The van der Waals surface area contributed by atoms with Gasteiger partial charge in [0, 0.05) is 58.4 Å². The molecular formula is C45H27N3O2S. The SMILES string of the molecule is c1ccc(C2=NC(c3cccc4oc5ccc(-c6ccc7c(c6)oc6ccccc67)cc5c34)=NC(c3cccc4c3sc3ccccc34)N2)cc1. The van der Waals surface area contributed by atoms with E-state index in [9.17, 15) is 0 Å². The van der Waals surface area contributed by atoms with Gasteiger partial charge in [0.25, 0.3) is 0 Å². The summed E-state index contributed by atoms with van der Waals surface area (Å²) in [5.74, 6) is 1.45. The minimum absolute atomic E-state index is 0.344. The van der Waals surface area contributed by atoms with Gasteiger partial charge in [0.05, 0.1) is 0 Å². The molecular weight excluding hydrogens is 647 g/mol. The normalized spacial score (nSPS) is 14.9. The van der Waals surface area contributed by atoms with Crippen LogP contribution in [0.4, 0.5) is 0 Å². The Bertz CT molecular complexity index is 3070. The predicted molar refractivity (Wildman–Crippen MR) is 211 cm³/mol. The van der Waals surface area contributed by atoms with Crippen LogP contribution in [0.2, 0.25) is 0 Å². The fraction of sp³-hybridized carbons (Fsp3) is 0.0222. The molecule has 0 radical (unpaired) electrons. The van der Waals surface area contributed by atoms with Crippen LogP contribution in [0, 0.1) is 0 Å². The van der Waals surface area contributed by atoms with Crippen molar-refractivity contribution in [3.63, 3.8) is 0 Å². The summed E-state index contributed by atoms with van der Waals surface area (Å²) in [6.07, 6.45) is -0.344. The molecule has 0 aliphatic carbocycles. The smallest absolute Gasteiger partial charge is 0.160 e. The average Bonchev–Trinajstić information content (AvgIpc) is 3.88. The summed E-state index contributed by atoms with van der Waals surface area (Å²) in [6.45, 7) is 0. The molecule has 0 saturated heterocycles. The van der Waals surface area contributed by atoms with Crippen LogP contribution in [-0.4, -0.2) is 11.7 Å². The standard InChI is InChI=1S/C45H27N3O2S/c1-2-10-26(11-3-1)43-46-44(48-45(47-43)34-16-8-14-32-31-13-5-7-19-40(31)51-42(32)34)33-15-9-18-38-41(33)35-24-27(21-23-37(35)49-38)28-20-22-30-29-12-4-6-17-36(29)50-39(30)25-28/h1-25,45H,(H,46,47,48). The number of nitrogens with zero attached hydrogens (tertiary/aromatic N) is 2. The molecule has 1 aliphatic rings. The number of aliphatic imine (C=N–C) groups is 2. The number of rotatable bonds is 4. The number of hydrogen-bond acceptors (Lipinski definition) is 6. The van der Waals surface area contributed by atoms with E-state index in [1.165, 1.54) is 20.2 Å². The van der Waals surface area contributed by atoms with Crippen LogP contribution in [0.15, 0.2) is 170 Å². The Morgan fingerprint density at radius 2 is 1.22 bits per heavy atom. The molecule has 240 valence electrons. The Kier molecular flexibility index (Phi) is 6.12. The largest absolute Gasteiger partial charge is 0.456 e. The van der Waals surface area contributed by atoms with Gasteiger partial charge in [-0.2, -0.15) is 0 Å². The van der Waals surface area contributed by atoms with Crippen LogP contribution in [0.25, 0.3) is 75.2 Å². The van der Waals surface area contributed by atoms with Crippen molar-refractivity contribution < 1.29 is 8.83 Å². The molecule has 1 aliphatic heterocycles. The van der Waals surface area contributed by atoms with E-state index < -0.39 is 0 Å². The summed E-state index contributed by atoms with van der Waals surface area (Å²) in [7, 11) is 0. The third kappa shape index (κ3) is 4.47. The molecule has 1 unspecified atom stereocenters. The lowest BCUT2D eigenvalue weighted by atomic mass is 9.99. The lowest BCUT2D eigenvalue weighted by Crippen LogP contribution is -2.33. The monoisotopic (exact) mass is 673 g/mol. The Labute approximate surface area is 295 Å². The van der Waals surface area contributed by atoms with E-state index in [4.69, 9.17) is 18.8 Å². The van der Waals surface area contributed by atoms with Gasteiger partial charge in [-0.25, -0.2) is 9.98 Å². The third-order valence-corrected chi connectivity index (χ3v) is 11.2. The van der Waals surface area contributed by atoms with Crippen LogP contribution in [0.3, 0.4) is 0 Å². The van der Waals surface area contributed by atoms with Crippen molar-refractivity contribution in [3.05, 3.63) is 168 Å². The molecule has 10 aromatic rings. The van der Waals surface area contributed by atoms with Gasteiger partial charge < -0.3 is 14.2 Å². The van der Waals surface area contributed by atoms with Crippen molar-refractivity contribution in [1.82, 2.24) is 5.32 Å². The molecule has 0 spiro atoms. The molecule has 7 aromatic carbocycles. The number of fused-ring (bicyclic) bond motifs is 9. The highest BCUT2D eigenvalue weighted by atomic mass is 32.1. The fourth-order valence-corrected chi connectivity index (χ4v) is 8.79. The molecule has 1 atom stereocenters. The number of nitrogens with one attached hydrogen (secondary N) is 1. The number of amidine groups is 2. The first kappa shape index (κ1) is 28.3. The zero-order valence-electron chi connectivity index (χ0n) is 27.1. The highest BCUT2D eigenvalue weighted by Crippen LogP contribution is 2.40. The van der Waals surface area contributed by atoms with Crippen LogP contribution in [-0.2, 0) is 0 Å². The first-order valence-corrected chi connectivity index (χ1v) is 17.8. The van der Waals surface area contributed by atoms with Gasteiger partial charge in [-0.3, -0.25) is 0 Å². The van der Waals surface area contributed by atoms with E-state index >= 15 is 0 Å². The molecule has 0 bridgehead atoms. The zero-order chi connectivity index (χ0) is 33.5. The van der Waals surface area contributed by atoms with Crippen molar-refractivity contribution in [3.8, 4) is 11.1 Å². The Hall–Kier alpha value is -6.50. The second kappa shape index (κ2) is 11.0. The topological polar surface area (TPSA) is 63.0 Å². The number of furan rings is 2. The van der Waals surface area contributed by atoms with E-state index in [1.807, 2.05) is 59.9 Å². The minimum Gasteiger partial charge on any atom is -0.456 e. The Morgan fingerprint density at radius 3 is 2.16 bits per heavy atom. The quantitative estimate of drug-likeness (QED) is 0.202. The van der Waals surface area contributed by atoms with E-state index in [1.54, 1.807) is 0 Å². The maximum Gasteiger partial charge on any atom is 0.160 e. The number of thiophene rings is 1. The highest BCUT2D eigenvalue weighted by molar-refractivity contribution is 7.26. The zero-order valence-corrected chi connectivity index (χ0v) is 27.9.